The first-order valence-corrected chi connectivity index (χ1v) is 7.56. The van der Waals surface area contributed by atoms with Gasteiger partial charge < -0.3 is 9.47 Å². The summed E-state index contributed by atoms with van der Waals surface area (Å²) in [4.78, 5) is 34.4. The van der Waals surface area contributed by atoms with Gasteiger partial charge in [-0.25, -0.2) is 4.79 Å². The van der Waals surface area contributed by atoms with E-state index in [1.54, 1.807) is 0 Å². The third kappa shape index (κ3) is 3.46. The zero-order valence-electron chi connectivity index (χ0n) is 13.3. The summed E-state index contributed by atoms with van der Waals surface area (Å²) in [6.07, 6.45) is 2.71. The topological polar surface area (TPSA) is 69.7 Å². The van der Waals surface area contributed by atoms with Crippen molar-refractivity contribution in [3.63, 3.8) is 0 Å². The third-order valence-corrected chi connectivity index (χ3v) is 4.33. The van der Waals surface area contributed by atoms with Gasteiger partial charge in [0.25, 0.3) is 0 Å². The first-order chi connectivity index (χ1) is 10.3. The molecule has 0 saturated carbocycles. The summed E-state index contributed by atoms with van der Waals surface area (Å²) in [7, 11) is 0. The van der Waals surface area contributed by atoms with E-state index in [9.17, 15) is 14.4 Å². The molecule has 120 valence electrons. The number of allylic oxidation sites excluding steroid dienone is 1. The Hall–Kier alpha value is -1.91. The fourth-order valence-corrected chi connectivity index (χ4v) is 3.26. The SMILES string of the molecule is C=C1C(=O)O[C@H]2C[C@@H](C)C([C@H](CC(C)=O)OC(C)=O)=CC[C@@H]12. The molecule has 4 atom stereocenters. The predicted molar refractivity (Wildman–Crippen MR) is 79.8 cm³/mol. The first kappa shape index (κ1) is 16.5. The summed E-state index contributed by atoms with van der Waals surface area (Å²) in [5, 5.41) is 0. The Labute approximate surface area is 130 Å². The van der Waals surface area contributed by atoms with Crippen molar-refractivity contribution in [2.75, 3.05) is 0 Å². The summed E-state index contributed by atoms with van der Waals surface area (Å²) in [6.45, 7) is 8.63. The van der Waals surface area contributed by atoms with E-state index < -0.39 is 12.1 Å². The molecule has 1 aliphatic heterocycles. The van der Waals surface area contributed by atoms with Crippen molar-refractivity contribution in [3.8, 4) is 0 Å². The predicted octanol–water partition coefficient (Wildman–Crippen LogP) is 2.35. The van der Waals surface area contributed by atoms with Crippen molar-refractivity contribution in [2.45, 2.75) is 52.2 Å². The maximum atomic E-state index is 11.6. The molecule has 0 unspecified atom stereocenters. The van der Waals surface area contributed by atoms with E-state index in [-0.39, 0.29) is 36.1 Å². The summed E-state index contributed by atoms with van der Waals surface area (Å²) in [5.41, 5.74) is 1.44. The van der Waals surface area contributed by atoms with Gasteiger partial charge in [-0.05, 0) is 31.3 Å². The van der Waals surface area contributed by atoms with Gasteiger partial charge in [-0.15, -0.1) is 0 Å². The molecule has 0 radical (unpaired) electrons. The monoisotopic (exact) mass is 306 g/mol. The average molecular weight is 306 g/mol. The molecule has 2 rings (SSSR count). The van der Waals surface area contributed by atoms with E-state index in [1.807, 2.05) is 13.0 Å². The Bertz CT molecular complexity index is 529. The minimum Gasteiger partial charge on any atom is -0.458 e. The zero-order chi connectivity index (χ0) is 16.4. The number of Topliss-reactive ketones (excluding diaryl/α,β-unsaturated/α-hetero) is 1. The van der Waals surface area contributed by atoms with Gasteiger partial charge in [-0.1, -0.05) is 19.6 Å². The highest BCUT2D eigenvalue weighted by atomic mass is 16.6. The lowest BCUT2D eigenvalue weighted by Gasteiger charge is -2.24. The second kappa shape index (κ2) is 6.46. The number of fused-ring (bicyclic) bond motifs is 1. The number of carbonyl (C=O) groups is 3. The van der Waals surface area contributed by atoms with E-state index in [0.29, 0.717) is 18.4 Å². The Morgan fingerprint density at radius 1 is 1.45 bits per heavy atom. The van der Waals surface area contributed by atoms with Crippen LogP contribution in [0.25, 0.3) is 0 Å². The molecule has 0 aromatic heterocycles. The van der Waals surface area contributed by atoms with Crippen molar-refractivity contribution >= 4 is 17.7 Å². The molecule has 5 heteroatoms. The van der Waals surface area contributed by atoms with Crippen LogP contribution in [-0.4, -0.2) is 29.9 Å². The number of hydrogen-bond donors (Lipinski definition) is 0. The van der Waals surface area contributed by atoms with E-state index >= 15 is 0 Å². The molecular formula is C17H22O5. The van der Waals surface area contributed by atoms with E-state index in [2.05, 4.69) is 6.58 Å². The van der Waals surface area contributed by atoms with Crippen LogP contribution in [0.2, 0.25) is 0 Å². The van der Waals surface area contributed by atoms with Crippen LogP contribution in [0.5, 0.6) is 0 Å². The van der Waals surface area contributed by atoms with Crippen molar-refractivity contribution in [2.24, 2.45) is 11.8 Å². The molecule has 1 fully saturated rings. The molecule has 0 N–H and O–H groups in total. The highest BCUT2D eigenvalue weighted by Gasteiger charge is 2.41. The second-order valence-electron chi connectivity index (χ2n) is 6.16. The number of hydrogen-bond acceptors (Lipinski definition) is 5. The molecule has 5 nitrogen and oxygen atoms in total. The van der Waals surface area contributed by atoms with Gasteiger partial charge in [0.2, 0.25) is 0 Å². The minimum atomic E-state index is -0.534. The lowest BCUT2D eigenvalue weighted by atomic mass is 9.89. The maximum absolute atomic E-state index is 11.6. The molecule has 2 aliphatic rings. The Kier molecular flexibility index (Phi) is 4.84. The van der Waals surface area contributed by atoms with Gasteiger partial charge in [0.05, 0.1) is 0 Å². The van der Waals surface area contributed by atoms with Gasteiger partial charge in [-0.3, -0.25) is 9.59 Å². The fourth-order valence-electron chi connectivity index (χ4n) is 3.26. The van der Waals surface area contributed by atoms with Crippen LogP contribution < -0.4 is 0 Å². The van der Waals surface area contributed by atoms with Gasteiger partial charge in [0.15, 0.2) is 0 Å². The van der Waals surface area contributed by atoms with E-state index in [1.165, 1.54) is 13.8 Å². The number of ketones is 1. The van der Waals surface area contributed by atoms with Gasteiger partial charge in [0.1, 0.15) is 18.0 Å². The van der Waals surface area contributed by atoms with E-state index in [4.69, 9.17) is 9.47 Å². The first-order valence-electron chi connectivity index (χ1n) is 7.56. The molecule has 0 bridgehead atoms. The summed E-state index contributed by atoms with van der Waals surface area (Å²) in [5.74, 6) is -0.710. The minimum absolute atomic E-state index is 0.0252. The summed E-state index contributed by atoms with van der Waals surface area (Å²) >= 11 is 0. The van der Waals surface area contributed by atoms with Crippen LogP contribution in [0.4, 0.5) is 0 Å². The molecule has 0 aromatic rings. The largest absolute Gasteiger partial charge is 0.458 e. The zero-order valence-corrected chi connectivity index (χ0v) is 13.3. The van der Waals surface area contributed by atoms with E-state index in [0.717, 1.165) is 5.57 Å². The van der Waals surface area contributed by atoms with Crippen LogP contribution in [-0.2, 0) is 23.9 Å². The summed E-state index contributed by atoms with van der Waals surface area (Å²) in [6, 6.07) is 0. The lowest BCUT2D eigenvalue weighted by molar-refractivity contribution is -0.145. The van der Waals surface area contributed by atoms with Crippen LogP contribution in [0.15, 0.2) is 23.8 Å². The van der Waals surface area contributed by atoms with Crippen molar-refractivity contribution in [3.05, 3.63) is 23.8 Å². The molecule has 1 aliphatic carbocycles. The second-order valence-corrected chi connectivity index (χ2v) is 6.16. The fraction of sp³-hybridized carbons (Fsp3) is 0.588. The van der Waals surface area contributed by atoms with Crippen molar-refractivity contribution < 1.29 is 23.9 Å². The van der Waals surface area contributed by atoms with Crippen molar-refractivity contribution in [1.82, 2.24) is 0 Å². The molecular weight excluding hydrogens is 284 g/mol. The number of esters is 2. The molecule has 0 spiro atoms. The highest BCUT2D eigenvalue weighted by Crippen LogP contribution is 2.39. The molecule has 1 heterocycles. The van der Waals surface area contributed by atoms with Gasteiger partial charge in [0, 0.05) is 24.8 Å². The Balaban J connectivity index is 2.23. The van der Waals surface area contributed by atoms with Crippen LogP contribution in [0, 0.1) is 11.8 Å². The molecule has 1 saturated heterocycles. The quantitative estimate of drug-likeness (QED) is 0.453. The smallest absolute Gasteiger partial charge is 0.334 e. The number of rotatable bonds is 4. The average Bonchev–Trinajstić information content (AvgIpc) is 2.56. The molecule has 0 amide bonds. The normalized spacial score (nSPS) is 29.0. The van der Waals surface area contributed by atoms with Crippen molar-refractivity contribution in [1.29, 1.82) is 0 Å². The van der Waals surface area contributed by atoms with Gasteiger partial charge >= 0.3 is 11.9 Å². The number of ether oxygens (including phenoxy) is 2. The number of carbonyl (C=O) groups excluding carboxylic acids is 3. The third-order valence-electron chi connectivity index (χ3n) is 4.33. The van der Waals surface area contributed by atoms with Crippen LogP contribution in [0.3, 0.4) is 0 Å². The standard InChI is InChI=1S/C17H22O5/c1-9-7-15-14(11(3)17(20)22-15)6-5-13(9)16(8-10(2)18)21-12(4)19/h5,9,14-16H,3,6-8H2,1-2,4H3/t9-,14+,15+,16+/m1/s1. The highest BCUT2D eigenvalue weighted by molar-refractivity contribution is 5.90. The van der Waals surface area contributed by atoms with Crippen LogP contribution >= 0.6 is 0 Å². The molecule has 22 heavy (non-hydrogen) atoms. The summed E-state index contributed by atoms with van der Waals surface area (Å²) < 4.78 is 10.7. The Morgan fingerprint density at radius 2 is 2.14 bits per heavy atom. The van der Waals surface area contributed by atoms with Gasteiger partial charge in [-0.2, -0.15) is 0 Å². The Morgan fingerprint density at radius 3 is 2.73 bits per heavy atom. The van der Waals surface area contributed by atoms with Crippen LogP contribution in [0.1, 0.15) is 40.0 Å². The molecule has 0 aromatic carbocycles. The maximum Gasteiger partial charge on any atom is 0.334 e. The lowest BCUT2D eigenvalue weighted by Crippen LogP contribution is -2.26.